The zero-order chi connectivity index (χ0) is 13.0. The molecule has 0 bridgehead atoms. The maximum atomic E-state index is 9.87. The van der Waals surface area contributed by atoms with Gasteiger partial charge in [0.05, 0.1) is 5.22 Å². The third kappa shape index (κ3) is 3.02. The van der Waals surface area contributed by atoms with E-state index in [9.17, 15) is 10.2 Å². The Hall–Kier alpha value is -1.93. The predicted octanol–water partition coefficient (Wildman–Crippen LogP) is 0.534. The van der Waals surface area contributed by atoms with Crippen molar-refractivity contribution < 1.29 is 10.2 Å². The van der Waals surface area contributed by atoms with Crippen molar-refractivity contribution in [1.82, 2.24) is 5.32 Å². The Labute approximate surface area is 100 Å². The Morgan fingerprint density at radius 1 is 1.35 bits per heavy atom. The SMILES string of the molecule is CCC(NC(C)C)=c1c(O)cc(=C=N)cc1O. The lowest BCUT2D eigenvalue weighted by Crippen LogP contribution is -2.27. The number of phenols is 2. The molecule has 4 N–H and O–H groups in total. The van der Waals surface area contributed by atoms with Gasteiger partial charge in [0, 0.05) is 17.0 Å². The van der Waals surface area contributed by atoms with Crippen LogP contribution in [0.25, 0.3) is 5.70 Å². The van der Waals surface area contributed by atoms with E-state index in [4.69, 9.17) is 5.41 Å². The summed E-state index contributed by atoms with van der Waals surface area (Å²) in [4.78, 5) is 0. The molecule has 0 amide bonds. The standard InChI is InChI=1S/C13H18N2O2/c1-4-10(15-8(2)3)13-11(16)5-9(7-14)6-12(13)17/h5-6,8,14-17H,4H2,1-3H3. The van der Waals surface area contributed by atoms with Crippen LogP contribution in [0.15, 0.2) is 12.1 Å². The van der Waals surface area contributed by atoms with E-state index in [1.807, 2.05) is 20.8 Å². The van der Waals surface area contributed by atoms with Gasteiger partial charge in [-0.05, 0) is 38.3 Å². The van der Waals surface area contributed by atoms with E-state index >= 15 is 0 Å². The third-order valence-corrected chi connectivity index (χ3v) is 2.36. The maximum absolute atomic E-state index is 9.87. The van der Waals surface area contributed by atoms with Crippen molar-refractivity contribution in [2.45, 2.75) is 33.2 Å². The summed E-state index contributed by atoms with van der Waals surface area (Å²) in [6.07, 6.45) is 0.674. The largest absolute Gasteiger partial charge is 0.507 e. The van der Waals surface area contributed by atoms with Crippen LogP contribution in [-0.2, 0) is 0 Å². The molecule has 17 heavy (non-hydrogen) atoms. The Balaban J connectivity index is 3.58. The molecule has 0 radical (unpaired) electrons. The van der Waals surface area contributed by atoms with Gasteiger partial charge in [0.25, 0.3) is 0 Å². The van der Waals surface area contributed by atoms with E-state index < -0.39 is 0 Å². The van der Waals surface area contributed by atoms with Crippen LogP contribution in [0.4, 0.5) is 0 Å². The van der Waals surface area contributed by atoms with E-state index in [0.29, 0.717) is 16.9 Å². The minimum absolute atomic E-state index is 0.0373. The summed E-state index contributed by atoms with van der Waals surface area (Å²) in [5.41, 5.74) is 0.784. The quantitative estimate of drug-likeness (QED) is 0.576. The first-order chi connectivity index (χ1) is 7.99. The summed E-state index contributed by atoms with van der Waals surface area (Å²) in [5.74, 6) is 2.06. The van der Waals surface area contributed by atoms with Gasteiger partial charge in [-0.15, -0.1) is 0 Å². The van der Waals surface area contributed by atoms with Crippen LogP contribution in [-0.4, -0.2) is 22.1 Å². The molecule has 0 saturated heterocycles. The molecule has 4 nitrogen and oxygen atoms in total. The number of phenolic OH excluding ortho intramolecular Hbond substituents is 2. The van der Waals surface area contributed by atoms with Crippen molar-refractivity contribution in [3.63, 3.8) is 0 Å². The molecule has 0 spiro atoms. The molecular weight excluding hydrogens is 216 g/mol. The van der Waals surface area contributed by atoms with Gasteiger partial charge in [-0.1, -0.05) is 6.92 Å². The summed E-state index contributed by atoms with van der Waals surface area (Å²) in [6.45, 7) is 5.92. The first kappa shape index (κ1) is 13.1. The van der Waals surface area contributed by atoms with E-state index in [0.717, 1.165) is 5.70 Å². The van der Waals surface area contributed by atoms with Gasteiger partial charge < -0.3 is 15.5 Å². The molecule has 0 heterocycles. The van der Waals surface area contributed by atoms with Crippen molar-refractivity contribution in [2.24, 2.45) is 0 Å². The predicted molar refractivity (Wildman–Crippen MR) is 67.8 cm³/mol. The van der Waals surface area contributed by atoms with Gasteiger partial charge in [0.1, 0.15) is 11.5 Å². The zero-order valence-corrected chi connectivity index (χ0v) is 10.3. The number of aromatic hydroxyl groups is 2. The van der Waals surface area contributed by atoms with E-state index in [2.05, 4.69) is 11.2 Å². The highest BCUT2D eigenvalue weighted by atomic mass is 16.3. The number of hydrogen-bond donors (Lipinski definition) is 4. The second-order valence-electron chi connectivity index (χ2n) is 4.15. The average molecular weight is 234 g/mol. The molecule has 0 fully saturated rings. The minimum Gasteiger partial charge on any atom is -0.507 e. The molecule has 0 aromatic heterocycles. The second-order valence-corrected chi connectivity index (χ2v) is 4.15. The Morgan fingerprint density at radius 3 is 2.24 bits per heavy atom. The third-order valence-electron chi connectivity index (χ3n) is 2.36. The average Bonchev–Trinajstić information content (AvgIpc) is 2.25. The van der Waals surface area contributed by atoms with E-state index in [-0.39, 0.29) is 17.5 Å². The molecule has 92 valence electrons. The highest BCUT2D eigenvalue weighted by Gasteiger charge is 2.07. The maximum Gasteiger partial charge on any atom is 0.129 e. The lowest BCUT2D eigenvalue weighted by Gasteiger charge is -2.13. The monoisotopic (exact) mass is 234 g/mol. The highest BCUT2D eigenvalue weighted by molar-refractivity contribution is 5.56. The summed E-state index contributed by atoms with van der Waals surface area (Å²) in [7, 11) is 0. The van der Waals surface area contributed by atoms with Gasteiger partial charge in [-0.25, -0.2) is 0 Å². The smallest absolute Gasteiger partial charge is 0.129 e. The summed E-state index contributed by atoms with van der Waals surface area (Å²) < 4.78 is 0. The lowest BCUT2D eigenvalue weighted by atomic mass is 10.1. The van der Waals surface area contributed by atoms with Crippen molar-refractivity contribution in [3.05, 3.63) is 22.6 Å². The number of nitrogens with one attached hydrogen (secondary N) is 2. The van der Waals surface area contributed by atoms with Crippen LogP contribution in [0.1, 0.15) is 27.2 Å². The van der Waals surface area contributed by atoms with Crippen LogP contribution >= 0.6 is 0 Å². The molecule has 0 aliphatic rings. The van der Waals surface area contributed by atoms with Gasteiger partial charge in [0.15, 0.2) is 0 Å². The lowest BCUT2D eigenvalue weighted by molar-refractivity contribution is 0.440. The molecular formula is C13H18N2O2. The Kier molecular flexibility index (Phi) is 4.18. The molecule has 0 atom stereocenters. The van der Waals surface area contributed by atoms with E-state index in [1.54, 1.807) is 0 Å². The van der Waals surface area contributed by atoms with Gasteiger partial charge >= 0.3 is 0 Å². The highest BCUT2D eigenvalue weighted by Crippen LogP contribution is 2.09. The van der Waals surface area contributed by atoms with Crippen molar-refractivity contribution >= 4 is 11.6 Å². The minimum atomic E-state index is -0.0373. The van der Waals surface area contributed by atoms with Crippen molar-refractivity contribution in [2.75, 3.05) is 0 Å². The number of benzene rings is 1. The number of hydrogen-bond acceptors (Lipinski definition) is 4. The normalized spacial score (nSPS) is 10.1. The van der Waals surface area contributed by atoms with Crippen LogP contribution in [0, 0.1) is 5.41 Å². The molecule has 4 heteroatoms. The molecule has 1 aromatic rings. The zero-order valence-electron chi connectivity index (χ0n) is 10.3. The summed E-state index contributed by atoms with van der Waals surface area (Å²) in [6, 6.07) is 3.05. The fourth-order valence-electron chi connectivity index (χ4n) is 1.69. The molecule has 0 aliphatic heterocycles. The Bertz CT molecular complexity index is 514. The van der Waals surface area contributed by atoms with Crippen LogP contribution < -0.4 is 15.8 Å². The van der Waals surface area contributed by atoms with Crippen LogP contribution in [0.5, 0.6) is 11.5 Å². The summed E-state index contributed by atoms with van der Waals surface area (Å²) in [5, 5.41) is 30.7. The van der Waals surface area contributed by atoms with Crippen LogP contribution in [0.3, 0.4) is 0 Å². The number of rotatable bonds is 3. The first-order valence-corrected chi connectivity index (χ1v) is 5.61. The molecule has 0 saturated carbocycles. The summed E-state index contributed by atoms with van der Waals surface area (Å²) >= 11 is 0. The fraction of sp³-hybridized carbons (Fsp3) is 0.385. The molecule has 0 unspecified atom stereocenters. The fourth-order valence-corrected chi connectivity index (χ4v) is 1.69. The molecule has 1 rings (SSSR count). The Morgan fingerprint density at radius 2 is 1.88 bits per heavy atom. The topological polar surface area (TPSA) is 76.3 Å². The van der Waals surface area contributed by atoms with Gasteiger partial charge in [0.2, 0.25) is 0 Å². The second kappa shape index (κ2) is 5.41. The van der Waals surface area contributed by atoms with Crippen molar-refractivity contribution in [1.29, 1.82) is 5.41 Å². The molecule has 1 aromatic carbocycles. The van der Waals surface area contributed by atoms with Gasteiger partial charge in [-0.3, -0.25) is 5.41 Å². The van der Waals surface area contributed by atoms with Gasteiger partial charge in [-0.2, -0.15) is 0 Å². The first-order valence-electron chi connectivity index (χ1n) is 5.61. The van der Waals surface area contributed by atoms with Crippen molar-refractivity contribution in [3.8, 4) is 11.5 Å². The van der Waals surface area contributed by atoms with E-state index in [1.165, 1.54) is 12.1 Å². The molecule has 0 aliphatic carbocycles. The van der Waals surface area contributed by atoms with Crippen LogP contribution in [0.2, 0.25) is 0 Å².